The zero-order valence-electron chi connectivity index (χ0n) is 13.6. The molecule has 25 heavy (non-hydrogen) atoms. The molecule has 0 fully saturated rings. The Morgan fingerprint density at radius 3 is 1.44 bits per heavy atom. The molecule has 0 aliphatic carbocycles. The molecular weight excluding hydrogens is 332 g/mol. The maximum atomic E-state index is 10.8. The van der Waals surface area contributed by atoms with Crippen molar-refractivity contribution in [3.63, 3.8) is 0 Å². The normalized spacial score (nSPS) is 13.3. The van der Waals surface area contributed by atoms with E-state index in [9.17, 15) is 9.59 Å². The van der Waals surface area contributed by atoms with Gasteiger partial charge in [0.2, 0.25) is 11.8 Å². The fraction of sp³-hybridized carbons (Fsp3) is 0.100. The fourth-order valence-electron chi connectivity index (χ4n) is 2.55. The number of nitrogens with one attached hydrogen (secondary N) is 2. The van der Waals surface area contributed by atoms with Crippen molar-refractivity contribution in [1.29, 1.82) is 0 Å². The van der Waals surface area contributed by atoms with E-state index < -0.39 is 0 Å². The van der Waals surface area contributed by atoms with Gasteiger partial charge in [-0.25, -0.2) is 0 Å². The van der Waals surface area contributed by atoms with Crippen LogP contribution in [-0.4, -0.2) is 11.8 Å². The predicted molar refractivity (Wildman–Crippen MR) is 102 cm³/mol. The minimum Gasteiger partial charge on any atom is -0.326 e. The molecule has 5 rings (SSSR count). The number of thiophene rings is 1. The molecule has 0 atom stereocenters. The van der Waals surface area contributed by atoms with Crippen molar-refractivity contribution in [1.82, 2.24) is 0 Å². The lowest BCUT2D eigenvalue weighted by Crippen LogP contribution is -2.03. The van der Waals surface area contributed by atoms with E-state index >= 15 is 0 Å². The number of anilines is 2. The Labute approximate surface area is 150 Å². The van der Waals surface area contributed by atoms with Gasteiger partial charge in [-0.15, -0.1) is 0 Å². The summed E-state index contributed by atoms with van der Waals surface area (Å²) >= 11 is 1.71. The van der Waals surface area contributed by atoms with Crippen LogP contribution in [0.3, 0.4) is 0 Å². The van der Waals surface area contributed by atoms with Gasteiger partial charge < -0.3 is 10.6 Å². The third-order valence-corrected chi connectivity index (χ3v) is 4.34. The van der Waals surface area contributed by atoms with Crippen LogP contribution in [0.25, 0.3) is 0 Å². The van der Waals surface area contributed by atoms with E-state index in [4.69, 9.17) is 0 Å². The van der Waals surface area contributed by atoms with Gasteiger partial charge in [-0.05, 0) is 34.0 Å². The van der Waals surface area contributed by atoms with Crippen LogP contribution in [0.5, 0.6) is 0 Å². The number of carbonyl (C=O) groups is 2. The molecule has 2 aliphatic rings. The van der Waals surface area contributed by atoms with Gasteiger partial charge in [-0.2, -0.15) is 11.3 Å². The summed E-state index contributed by atoms with van der Waals surface area (Å²) in [6.45, 7) is 0. The molecule has 0 saturated heterocycles. The van der Waals surface area contributed by atoms with Crippen LogP contribution in [0.2, 0.25) is 0 Å². The van der Waals surface area contributed by atoms with Crippen LogP contribution in [0.4, 0.5) is 11.4 Å². The summed E-state index contributed by atoms with van der Waals surface area (Å²) in [5, 5.41) is 9.60. The van der Waals surface area contributed by atoms with Gasteiger partial charge in [0.05, 0.1) is 12.8 Å². The molecule has 126 valence electrons. The first kappa shape index (κ1) is 16.9. The lowest BCUT2D eigenvalue weighted by atomic mass is 10.2. The summed E-state index contributed by atoms with van der Waals surface area (Å²) in [5.74, 6) is 0.197. The Bertz CT molecular complexity index is 729. The van der Waals surface area contributed by atoms with E-state index in [0.29, 0.717) is 12.8 Å². The van der Waals surface area contributed by atoms with E-state index in [-0.39, 0.29) is 11.8 Å². The summed E-state index contributed by atoms with van der Waals surface area (Å²) in [7, 11) is 0. The summed E-state index contributed by atoms with van der Waals surface area (Å²) in [6.07, 6.45) is 1.08. The molecule has 0 spiro atoms. The molecule has 0 bridgehead atoms. The Balaban J connectivity index is 0.000000116. The molecule has 0 saturated carbocycles. The second-order valence-corrected chi connectivity index (χ2v) is 6.37. The van der Waals surface area contributed by atoms with Crippen molar-refractivity contribution in [3.05, 3.63) is 82.6 Å². The first-order valence-electron chi connectivity index (χ1n) is 7.95. The summed E-state index contributed by atoms with van der Waals surface area (Å²) < 4.78 is 0. The SMILES string of the molecule is O=C1Cc2ccccc2N1.O=C1Cc2ccccc2N1.c1ccsc1. The van der Waals surface area contributed by atoms with Crippen LogP contribution in [0.15, 0.2) is 71.4 Å². The average molecular weight is 350 g/mol. The third-order valence-electron chi connectivity index (χ3n) is 3.71. The van der Waals surface area contributed by atoms with Gasteiger partial charge in [0, 0.05) is 11.4 Å². The maximum absolute atomic E-state index is 10.8. The monoisotopic (exact) mass is 350 g/mol. The van der Waals surface area contributed by atoms with Gasteiger partial charge in [0.1, 0.15) is 0 Å². The Hall–Kier alpha value is -2.92. The number of para-hydroxylation sites is 2. The van der Waals surface area contributed by atoms with Gasteiger partial charge in [0.25, 0.3) is 0 Å². The molecule has 4 nitrogen and oxygen atoms in total. The topological polar surface area (TPSA) is 58.2 Å². The summed E-state index contributed by atoms with van der Waals surface area (Å²) in [6, 6.07) is 19.5. The van der Waals surface area contributed by atoms with Gasteiger partial charge in [-0.1, -0.05) is 48.5 Å². The van der Waals surface area contributed by atoms with Crippen LogP contribution in [-0.2, 0) is 22.4 Å². The van der Waals surface area contributed by atoms with Crippen molar-refractivity contribution < 1.29 is 9.59 Å². The highest BCUT2D eigenvalue weighted by atomic mass is 32.1. The average Bonchev–Trinajstić information content (AvgIpc) is 3.35. The molecule has 1 aromatic heterocycles. The van der Waals surface area contributed by atoms with Crippen molar-refractivity contribution >= 4 is 34.5 Å². The van der Waals surface area contributed by atoms with Crippen molar-refractivity contribution in [2.45, 2.75) is 12.8 Å². The minimum absolute atomic E-state index is 0.0983. The van der Waals surface area contributed by atoms with Crippen molar-refractivity contribution in [3.8, 4) is 0 Å². The molecule has 2 N–H and O–H groups in total. The largest absolute Gasteiger partial charge is 0.326 e. The highest BCUT2D eigenvalue weighted by Crippen LogP contribution is 2.21. The zero-order chi connectivity index (χ0) is 17.5. The van der Waals surface area contributed by atoms with Crippen LogP contribution >= 0.6 is 11.3 Å². The van der Waals surface area contributed by atoms with Gasteiger partial charge in [0.15, 0.2) is 0 Å². The molecule has 5 heteroatoms. The van der Waals surface area contributed by atoms with E-state index in [1.807, 2.05) is 71.4 Å². The third kappa shape index (κ3) is 4.78. The number of hydrogen-bond donors (Lipinski definition) is 2. The molecular formula is C20H18N2O2S. The molecule has 2 aliphatic heterocycles. The van der Waals surface area contributed by atoms with E-state index in [1.165, 1.54) is 0 Å². The van der Waals surface area contributed by atoms with Crippen molar-refractivity contribution in [2.75, 3.05) is 10.6 Å². The number of carbonyl (C=O) groups excluding carboxylic acids is 2. The quantitative estimate of drug-likeness (QED) is 0.641. The van der Waals surface area contributed by atoms with Crippen LogP contribution in [0.1, 0.15) is 11.1 Å². The van der Waals surface area contributed by atoms with E-state index in [1.54, 1.807) is 11.3 Å². The van der Waals surface area contributed by atoms with Crippen LogP contribution < -0.4 is 10.6 Å². The number of amides is 2. The number of hydrogen-bond acceptors (Lipinski definition) is 3. The highest BCUT2D eigenvalue weighted by molar-refractivity contribution is 7.07. The fourth-order valence-corrected chi connectivity index (χ4v) is 3.01. The molecule has 0 radical (unpaired) electrons. The Morgan fingerprint density at radius 1 is 0.640 bits per heavy atom. The first-order valence-corrected chi connectivity index (χ1v) is 8.89. The van der Waals surface area contributed by atoms with Crippen LogP contribution in [0, 0.1) is 0 Å². The highest BCUT2D eigenvalue weighted by Gasteiger charge is 2.15. The summed E-state index contributed by atoms with van der Waals surface area (Å²) in [4.78, 5) is 21.6. The second-order valence-electron chi connectivity index (χ2n) is 5.56. The Kier molecular flexibility index (Phi) is 5.59. The number of rotatable bonds is 0. The lowest BCUT2D eigenvalue weighted by molar-refractivity contribution is -0.115. The molecule has 3 aromatic rings. The summed E-state index contributed by atoms with van der Waals surface area (Å²) in [5.41, 5.74) is 4.14. The number of fused-ring (bicyclic) bond motifs is 2. The molecule has 0 unspecified atom stereocenters. The molecule has 3 heterocycles. The standard InChI is InChI=1S/2C8H7NO.C4H4S/c2*10-8-5-6-3-1-2-4-7(6)9-8;1-2-4-5-3-1/h2*1-4H,5H2,(H,9,10);1-4H. The predicted octanol–water partition coefficient (Wildman–Crippen LogP) is 4.11. The van der Waals surface area contributed by atoms with Gasteiger partial charge in [-0.3, -0.25) is 9.59 Å². The molecule has 2 amide bonds. The molecule has 2 aromatic carbocycles. The van der Waals surface area contributed by atoms with Crippen molar-refractivity contribution in [2.24, 2.45) is 0 Å². The first-order chi connectivity index (χ1) is 12.2. The lowest BCUT2D eigenvalue weighted by Gasteiger charge is -1.93. The Morgan fingerprint density at radius 2 is 1.08 bits per heavy atom. The van der Waals surface area contributed by atoms with E-state index in [2.05, 4.69) is 10.6 Å². The zero-order valence-corrected chi connectivity index (χ0v) is 14.4. The maximum Gasteiger partial charge on any atom is 0.228 e. The van der Waals surface area contributed by atoms with E-state index in [0.717, 1.165) is 22.5 Å². The second kappa shape index (κ2) is 8.26. The smallest absolute Gasteiger partial charge is 0.228 e. The minimum atomic E-state index is 0.0983. The van der Waals surface area contributed by atoms with Gasteiger partial charge >= 0.3 is 0 Å². The number of benzene rings is 2.